The molecule has 0 bridgehead atoms. The number of nitrogens with one attached hydrogen (secondary N) is 2. The Hall–Kier alpha value is -1.84. The number of amides is 1. The van der Waals surface area contributed by atoms with Crippen molar-refractivity contribution < 1.29 is 4.79 Å². The highest BCUT2D eigenvalue weighted by Crippen LogP contribution is 2.10. The highest BCUT2D eigenvalue weighted by atomic mass is 16.1. The molecule has 0 fully saturated rings. The Morgan fingerprint density at radius 2 is 2.41 bits per heavy atom. The third kappa shape index (κ3) is 4.26. The second kappa shape index (κ2) is 6.68. The smallest absolute Gasteiger partial charge is 0.269 e. The van der Waals surface area contributed by atoms with Gasteiger partial charge in [-0.25, -0.2) is 0 Å². The van der Waals surface area contributed by atoms with Crippen molar-refractivity contribution >= 4 is 11.6 Å². The van der Waals surface area contributed by atoms with Gasteiger partial charge in [0.2, 0.25) is 0 Å². The lowest BCUT2D eigenvalue weighted by Gasteiger charge is -2.13. The first-order valence-electron chi connectivity index (χ1n) is 5.79. The Balaban J connectivity index is 2.71. The molecule has 0 aliphatic carbocycles. The van der Waals surface area contributed by atoms with Crippen LogP contribution in [0.3, 0.4) is 0 Å². The maximum Gasteiger partial charge on any atom is 0.269 e. The molecule has 1 rings (SSSR count). The molecule has 4 nitrogen and oxygen atoms in total. The van der Waals surface area contributed by atoms with E-state index < -0.39 is 0 Å². The number of rotatable bonds is 6. The zero-order valence-electron chi connectivity index (χ0n) is 10.4. The molecule has 0 aliphatic heterocycles. The van der Waals surface area contributed by atoms with E-state index in [4.69, 9.17) is 0 Å². The molecule has 1 atom stereocenters. The Bertz CT molecular complexity index is 390. The van der Waals surface area contributed by atoms with Gasteiger partial charge in [-0.15, -0.1) is 6.58 Å². The molecule has 17 heavy (non-hydrogen) atoms. The van der Waals surface area contributed by atoms with Crippen molar-refractivity contribution in [3.8, 4) is 0 Å². The first kappa shape index (κ1) is 13.2. The number of hydrogen-bond donors (Lipinski definition) is 2. The molecule has 0 saturated heterocycles. The lowest BCUT2D eigenvalue weighted by molar-refractivity contribution is 0.0951. The standard InChI is InChI=1S/C13H19N3O/c1-4-6-10(3)16-11-7-8-15-12(9-11)13(17)14-5-2/h4,7-10H,1,5-6H2,2-3H3,(H,14,17)(H,15,16). The fourth-order valence-electron chi connectivity index (χ4n) is 1.49. The van der Waals surface area contributed by atoms with Crippen LogP contribution in [-0.2, 0) is 0 Å². The first-order valence-corrected chi connectivity index (χ1v) is 5.79. The fraction of sp³-hybridized carbons (Fsp3) is 0.385. The van der Waals surface area contributed by atoms with Gasteiger partial charge in [0.25, 0.3) is 5.91 Å². The van der Waals surface area contributed by atoms with Gasteiger partial charge in [0.05, 0.1) is 0 Å². The lowest BCUT2D eigenvalue weighted by Crippen LogP contribution is -2.24. The molecule has 1 aromatic rings. The highest BCUT2D eigenvalue weighted by molar-refractivity contribution is 5.93. The van der Waals surface area contributed by atoms with Gasteiger partial charge in [0.15, 0.2) is 0 Å². The normalized spacial score (nSPS) is 11.6. The molecule has 92 valence electrons. The minimum absolute atomic E-state index is 0.146. The van der Waals surface area contributed by atoms with E-state index in [-0.39, 0.29) is 11.9 Å². The summed E-state index contributed by atoms with van der Waals surface area (Å²) >= 11 is 0. The molecule has 0 aromatic carbocycles. The maximum atomic E-state index is 11.6. The minimum atomic E-state index is -0.146. The fourth-order valence-corrected chi connectivity index (χ4v) is 1.49. The van der Waals surface area contributed by atoms with Gasteiger partial charge in [-0.1, -0.05) is 6.08 Å². The zero-order chi connectivity index (χ0) is 12.7. The van der Waals surface area contributed by atoms with Crippen LogP contribution in [0.5, 0.6) is 0 Å². The van der Waals surface area contributed by atoms with E-state index in [1.165, 1.54) is 0 Å². The molecule has 1 amide bonds. The third-order valence-electron chi connectivity index (χ3n) is 2.26. The van der Waals surface area contributed by atoms with Gasteiger partial charge in [-0.2, -0.15) is 0 Å². The summed E-state index contributed by atoms with van der Waals surface area (Å²) in [7, 11) is 0. The highest BCUT2D eigenvalue weighted by Gasteiger charge is 2.07. The molecule has 1 heterocycles. The van der Waals surface area contributed by atoms with Crippen LogP contribution in [0.25, 0.3) is 0 Å². The van der Waals surface area contributed by atoms with Crippen molar-refractivity contribution in [2.24, 2.45) is 0 Å². The minimum Gasteiger partial charge on any atom is -0.382 e. The Morgan fingerprint density at radius 3 is 3.06 bits per heavy atom. The maximum absolute atomic E-state index is 11.6. The zero-order valence-corrected chi connectivity index (χ0v) is 10.4. The predicted octanol–water partition coefficient (Wildman–Crippen LogP) is 2.21. The van der Waals surface area contributed by atoms with Crippen molar-refractivity contribution in [3.63, 3.8) is 0 Å². The van der Waals surface area contributed by atoms with Gasteiger partial charge in [0, 0.05) is 24.5 Å². The quantitative estimate of drug-likeness (QED) is 0.741. The number of carbonyl (C=O) groups is 1. The van der Waals surface area contributed by atoms with E-state index in [1.807, 2.05) is 19.1 Å². The molecule has 1 aromatic heterocycles. The number of hydrogen-bond acceptors (Lipinski definition) is 3. The molecule has 0 aliphatic rings. The Morgan fingerprint density at radius 1 is 1.65 bits per heavy atom. The number of pyridine rings is 1. The number of anilines is 1. The third-order valence-corrected chi connectivity index (χ3v) is 2.26. The Kier molecular flexibility index (Phi) is 5.20. The summed E-state index contributed by atoms with van der Waals surface area (Å²) in [5, 5.41) is 6.01. The van der Waals surface area contributed by atoms with E-state index in [2.05, 4.69) is 29.1 Å². The van der Waals surface area contributed by atoms with E-state index in [9.17, 15) is 4.79 Å². The molecular weight excluding hydrogens is 214 g/mol. The molecule has 0 spiro atoms. The average Bonchev–Trinajstić information content (AvgIpc) is 2.30. The van der Waals surface area contributed by atoms with Gasteiger partial charge in [0.1, 0.15) is 5.69 Å². The van der Waals surface area contributed by atoms with E-state index in [0.717, 1.165) is 12.1 Å². The van der Waals surface area contributed by atoms with Crippen LogP contribution in [0.4, 0.5) is 5.69 Å². The Labute approximate surface area is 102 Å². The van der Waals surface area contributed by atoms with Crippen LogP contribution in [0.15, 0.2) is 31.0 Å². The number of aromatic nitrogens is 1. The summed E-state index contributed by atoms with van der Waals surface area (Å²) in [6.07, 6.45) is 4.37. The summed E-state index contributed by atoms with van der Waals surface area (Å²) in [6, 6.07) is 3.89. The van der Waals surface area contributed by atoms with Gasteiger partial charge in [-0.05, 0) is 32.4 Å². The van der Waals surface area contributed by atoms with E-state index in [0.29, 0.717) is 12.2 Å². The summed E-state index contributed by atoms with van der Waals surface area (Å²) in [4.78, 5) is 15.6. The SMILES string of the molecule is C=CCC(C)Nc1ccnc(C(=O)NCC)c1. The molecule has 0 saturated carbocycles. The van der Waals surface area contributed by atoms with Crippen molar-refractivity contribution in [3.05, 3.63) is 36.7 Å². The second-order valence-electron chi connectivity index (χ2n) is 3.86. The number of carbonyl (C=O) groups excluding carboxylic acids is 1. The van der Waals surface area contributed by atoms with Crippen LogP contribution in [0, 0.1) is 0 Å². The molecule has 4 heteroatoms. The first-order chi connectivity index (χ1) is 8.17. The monoisotopic (exact) mass is 233 g/mol. The largest absolute Gasteiger partial charge is 0.382 e. The van der Waals surface area contributed by atoms with Gasteiger partial charge < -0.3 is 10.6 Å². The van der Waals surface area contributed by atoms with Crippen molar-refractivity contribution in [1.29, 1.82) is 0 Å². The molecular formula is C13H19N3O. The van der Waals surface area contributed by atoms with Crippen LogP contribution >= 0.6 is 0 Å². The van der Waals surface area contributed by atoms with Gasteiger partial charge in [-0.3, -0.25) is 9.78 Å². The lowest BCUT2D eigenvalue weighted by atomic mass is 10.2. The molecule has 2 N–H and O–H groups in total. The number of nitrogens with zero attached hydrogens (tertiary/aromatic N) is 1. The van der Waals surface area contributed by atoms with E-state index in [1.54, 1.807) is 12.3 Å². The summed E-state index contributed by atoms with van der Waals surface area (Å²) in [6.45, 7) is 8.24. The second-order valence-corrected chi connectivity index (χ2v) is 3.86. The van der Waals surface area contributed by atoms with Crippen molar-refractivity contribution in [2.45, 2.75) is 26.3 Å². The topological polar surface area (TPSA) is 54.0 Å². The van der Waals surface area contributed by atoms with Crippen molar-refractivity contribution in [2.75, 3.05) is 11.9 Å². The summed E-state index contributed by atoms with van der Waals surface area (Å²) in [5.74, 6) is -0.146. The van der Waals surface area contributed by atoms with Crippen LogP contribution in [0.1, 0.15) is 30.8 Å². The summed E-state index contributed by atoms with van der Waals surface area (Å²) < 4.78 is 0. The van der Waals surface area contributed by atoms with E-state index >= 15 is 0 Å². The van der Waals surface area contributed by atoms with Gasteiger partial charge >= 0.3 is 0 Å². The molecule has 1 unspecified atom stereocenters. The summed E-state index contributed by atoms with van der Waals surface area (Å²) in [5.41, 5.74) is 1.33. The average molecular weight is 233 g/mol. The van der Waals surface area contributed by atoms with Crippen molar-refractivity contribution in [1.82, 2.24) is 10.3 Å². The van der Waals surface area contributed by atoms with Crippen LogP contribution in [-0.4, -0.2) is 23.5 Å². The van der Waals surface area contributed by atoms with Crippen LogP contribution < -0.4 is 10.6 Å². The van der Waals surface area contributed by atoms with Crippen LogP contribution in [0.2, 0.25) is 0 Å². The molecule has 0 radical (unpaired) electrons. The predicted molar refractivity (Wildman–Crippen MR) is 70.1 cm³/mol.